The van der Waals surface area contributed by atoms with Crippen LogP contribution in [-0.4, -0.2) is 23.4 Å². The van der Waals surface area contributed by atoms with E-state index in [1.807, 2.05) is 35.9 Å². The highest BCUT2D eigenvalue weighted by Crippen LogP contribution is 2.29. The smallest absolute Gasteiger partial charge is 0.319 e. The number of benzene rings is 1. The molecule has 1 aromatic carbocycles. The summed E-state index contributed by atoms with van der Waals surface area (Å²) in [6.45, 7) is 3.17. The lowest BCUT2D eigenvalue weighted by Crippen LogP contribution is -2.34. The van der Waals surface area contributed by atoms with Crippen molar-refractivity contribution >= 4 is 22.7 Å². The number of aromatic nitrogens is 1. The zero-order chi connectivity index (χ0) is 14.2. The molecule has 19 heavy (non-hydrogen) atoms. The summed E-state index contributed by atoms with van der Waals surface area (Å²) in [7, 11) is 3.17. The Balaban J connectivity index is 2.57. The van der Waals surface area contributed by atoms with Gasteiger partial charge in [-0.25, -0.2) is 0 Å². The molecule has 4 nitrogen and oxygen atoms in total. The Labute approximate surface area is 112 Å². The van der Waals surface area contributed by atoms with Crippen molar-refractivity contribution in [1.29, 1.82) is 0 Å². The van der Waals surface area contributed by atoms with Crippen LogP contribution in [0.25, 0.3) is 10.9 Å². The van der Waals surface area contributed by atoms with E-state index in [-0.39, 0.29) is 5.78 Å². The predicted octanol–water partition coefficient (Wildman–Crippen LogP) is 2.56. The lowest BCUT2D eigenvalue weighted by molar-refractivity contribution is -0.147. The first-order valence-electron chi connectivity index (χ1n) is 6.07. The highest BCUT2D eigenvalue weighted by Gasteiger charge is 2.38. The summed E-state index contributed by atoms with van der Waals surface area (Å²) < 4.78 is 6.59. The number of carbonyl (C=O) groups excluding carboxylic acids is 2. The molecule has 0 aliphatic rings. The van der Waals surface area contributed by atoms with Crippen LogP contribution in [0, 0.1) is 5.41 Å². The maximum Gasteiger partial charge on any atom is 0.319 e. The van der Waals surface area contributed by atoms with E-state index < -0.39 is 11.4 Å². The fourth-order valence-corrected chi connectivity index (χ4v) is 2.21. The molecule has 1 heterocycles. The number of esters is 1. The SMILES string of the molecule is COC(=O)C(C)(C)C(=O)c1cn(C)c2ccccc12. The third-order valence-electron chi connectivity index (χ3n) is 3.40. The van der Waals surface area contributed by atoms with Crippen molar-refractivity contribution in [3.05, 3.63) is 36.0 Å². The number of hydrogen-bond acceptors (Lipinski definition) is 3. The second-order valence-corrected chi connectivity index (χ2v) is 5.12. The van der Waals surface area contributed by atoms with Gasteiger partial charge in [-0.1, -0.05) is 18.2 Å². The molecule has 0 amide bonds. The van der Waals surface area contributed by atoms with Gasteiger partial charge < -0.3 is 9.30 Å². The molecule has 100 valence electrons. The van der Waals surface area contributed by atoms with Crippen LogP contribution in [0.4, 0.5) is 0 Å². The monoisotopic (exact) mass is 259 g/mol. The predicted molar refractivity (Wildman–Crippen MR) is 73.0 cm³/mol. The summed E-state index contributed by atoms with van der Waals surface area (Å²) in [5, 5.41) is 0.854. The number of methoxy groups -OCH3 is 1. The van der Waals surface area contributed by atoms with E-state index in [4.69, 9.17) is 4.74 Å². The molecule has 0 saturated heterocycles. The van der Waals surface area contributed by atoms with E-state index in [1.165, 1.54) is 7.11 Å². The van der Waals surface area contributed by atoms with Gasteiger partial charge in [0.15, 0.2) is 5.78 Å². The second kappa shape index (κ2) is 4.53. The minimum atomic E-state index is -1.18. The molecule has 0 unspecified atom stereocenters. The van der Waals surface area contributed by atoms with E-state index in [0.29, 0.717) is 5.56 Å². The van der Waals surface area contributed by atoms with E-state index in [2.05, 4.69) is 0 Å². The van der Waals surface area contributed by atoms with Crippen LogP contribution >= 0.6 is 0 Å². The lowest BCUT2D eigenvalue weighted by Gasteiger charge is -2.19. The number of aryl methyl sites for hydroxylation is 1. The largest absolute Gasteiger partial charge is 0.468 e. The standard InChI is InChI=1S/C15H17NO3/c1-15(2,14(18)19-4)13(17)11-9-16(3)12-8-6-5-7-10(11)12/h5-9H,1-4H3. The second-order valence-electron chi connectivity index (χ2n) is 5.12. The lowest BCUT2D eigenvalue weighted by atomic mass is 9.84. The van der Waals surface area contributed by atoms with Gasteiger partial charge >= 0.3 is 5.97 Å². The fourth-order valence-electron chi connectivity index (χ4n) is 2.21. The zero-order valence-corrected chi connectivity index (χ0v) is 11.6. The highest BCUT2D eigenvalue weighted by molar-refractivity contribution is 6.17. The molecule has 0 spiro atoms. The molecule has 0 aliphatic carbocycles. The Morgan fingerprint density at radius 2 is 1.84 bits per heavy atom. The minimum absolute atomic E-state index is 0.226. The molecule has 4 heteroatoms. The first-order chi connectivity index (χ1) is 8.89. The summed E-state index contributed by atoms with van der Waals surface area (Å²) in [6.07, 6.45) is 1.76. The van der Waals surface area contributed by atoms with E-state index >= 15 is 0 Å². The number of ketones is 1. The number of rotatable bonds is 3. The maximum atomic E-state index is 12.6. The number of nitrogens with zero attached hydrogens (tertiary/aromatic N) is 1. The van der Waals surface area contributed by atoms with E-state index in [9.17, 15) is 9.59 Å². The van der Waals surface area contributed by atoms with E-state index in [0.717, 1.165) is 10.9 Å². The molecule has 0 saturated carbocycles. The number of fused-ring (bicyclic) bond motifs is 1. The van der Waals surface area contributed by atoms with Crippen LogP contribution in [-0.2, 0) is 16.6 Å². The number of ether oxygens (including phenoxy) is 1. The van der Waals surface area contributed by atoms with Gasteiger partial charge in [0.05, 0.1) is 7.11 Å². The first kappa shape index (κ1) is 13.3. The molecular formula is C15H17NO3. The number of carbonyl (C=O) groups is 2. The van der Waals surface area contributed by atoms with Gasteiger partial charge in [0, 0.05) is 29.7 Å². The molecule has 0 radical (unpaired) electrons. The molecule has 0 fully saturated rings. The van der Waals surface area contributed by atoms with Crippen molar-refractivity contribution in [1.82, 2.24) is 4.57 Å². The van der Waals surface area contributed by atoms with Gasteiger partial charge in [-0.3, -0.25) is 9.59 Å². The average molecular weight is 259 g/mol. The third-order valence-corrected chi connectivity index (χ3v) is 3.40. The van der Waals surface area contributed by atoms with E-state index in [1.54, 1.807) is 20.0 Å². The normalized spacial score (nSPS) is 11.6. The maximum absolute atomic E-state index is 12.6. The van der Waals surface area contributed by atoms with Crippen molar-refractivity contribution in [2.24, 2.45) is 12.5 Å². The molecule has 0 aliphatic heterocycles. The topological polar surface area (TPSA) is 48.3 Å². The molecule has 0 bridgehead atoms. The molecule has 0 atom stereocenters. The Morgan fingerprint density at radius 1 is 1.21 bits per heavy atom. The average Bonchev–Trinajstić information content (AvgIpc) is 2.74. The number of hydrogen-bond donors (Lipinski definition) is 0. The van der Waals surface area contributed by atoms with Crippen LogP contribution in [0.1, 0.15) is 24.2 Å². The molecule has 0 N–H and O–H groups in total. The van der Waals surface area contributed by atoms with Crippen LogP contribution in [0.5, 0.6) is 0 Å². The Hall–Kier alpha value is -2.10. The number of para-hydroxylation sites is 1. The van der Waals surface area contributed by atoms with Crippen molar-refractivity contribution in [2.75, 3.05) is 7.11 Å². The first-order valence-corrected chi connectivity index (χ1v) is 6.07. The van der Waals surface area contributed by atoms with Crippen LogP contribution in [0.2, 0.25) is 0 Å². The summed E-state index contributed by atoms with van der Waals surface area (Å²) in [5.41, 5.74) is 0.332. The molecule has 1 aromatic heterocycles. The fraction of sp³-hybridized carbons (Fsp3) is 0.333. The van der Waals surface area contributed by atoms with Gasteiger partial charge in [-0.05, 0) is 19.9 Å². The Bertz CT molecular complexity index is 652. The van der Waals surface area contributed by atoms with Crippen LogP contribution in [0.15, 0.2) is 30.5 Å². The molecule has 2 rings (SSSR count). The van der Waals surface area contributed by atoms with Crippen molar-refractivity contribution < 1.29 is 14.3 Å². The van der Waals surface area contributed by atoms with Crippen LogP contribution < -0.4 is 0 Å². The summed E-state index contributed by atoms with van der Waals surface area (Å²) in [5.74, 6) is -0.749. The van der Waals surface area contributed by atoms with Gasteiger partial charge in [0.2, 0.25) is 0 Å². The molecule has 2 aromatic rings. The molecular weight excluding hydrogens is 242 g/mol. The Kier molecular flexibility index (Phi) is 3.18. The van der Waals surface area contributed by atoms with Gasteiger partial charge in [-0.2, -0.15) is 0 Å². The van der Waals surface area contributed by atoms with Gasteiger partial charge in [0.1, 0.15) is 5.41 Å². The third kappa shape index (κ3) is 2.03. The highest BCUT2D eigenvalue weighted by atomic mass is 16.5. The summed E-state index contributed by atoms with van der Waals surface area (Å²) >= 11 is 0. The van der Waals surface area contributed by atoms with Crippen molar-refractivity contribution in [2.45, 2.75) is 13.8 Å². The minimum Gasteiger partial charge on any atom is -0.468 e. The zero-order valence-electron chi connectivity index (χ0n) is 11.6. The Morgan fingerprint density at radius 3 is 2.47 bits per heavy atom. The van der Waals surface area contributed by atoms with Crippen LogP contribution in [0.3, 0.4) is 0 Å². The van der Waals surface area contributed by atoms with Gasteiger partial charge in [0.25, 0.3) is 0 Å². The quantitative estimate of drug-likeness (QED) is 0.483. The van der Waals surface area contributed by atoms with Crippen molar-refractivity contribution in [3.8, 4) is 0 Å². The summed E-state index contributed by atoms with van der Waals surface area (Å²) in [4.78, 5) is 24.3. The number of Topliss-reactive ketones (excluding diaryl/α,β-unsaturated/α-hetero) is 1. The van der Waals surface area contributed by atoms with Gasteiger partial charge in [-0.15, -0.1) is 0 Å². The van der Waals surface area contributed by atoms with Crippen molar-refractivity contribution in [3.63, 3.8) is 0 Å². The summed E-state index contributed by atoms with van der Waals surface area (Å²) in [6, 6.07) is 7.62.